The Balaban J connectivity index is 1.51. The van der Waals surface area contributed by atoms with E-state index < -0.39 is 0 Å². The van der Waals surface area contributed by atoms with Crippen molar-refractivity contribution < 1.29 is 14.3 Å². The zero-order chi connectivity index (χ0) is 25.5. The van der Waals surface area contributed by atoms with E-state index in [1.54, 1.807) is 13.2 Å². The number of hydrogen-bond donors (Lipinski definition) is 3. The molecule has 36 heavy (non-hydrogen) atoms. The number of urea groups is 1. The molecule has 0 aliphatic carbocycles. The van der Waals surface area contributed by atoms with E-state index in [9.17, 15) is 9.59 Å². The fourth-order valence-corrected chi connectivity index (χ4v) is 4.31. The van der Waals surface area contributed by atoms with Crippen LogP contribution in [-0.4, -0.2) is 51.3 Å². The maximum absolute atomic E-state index is 13.1. The van der Waals surface area contributed by atoms with Gasteiger partial charge in [0.15, 0.2) is 0 Å². The normalized spacial score (nSPS) is 13.3. The van der Waals surface area contributed by atoms with Gasteiger partial charge in [-0.25, -0.2) is 4.79 Å². The first kappa shape index (κ1) is 24.9. The van der Waals surface area contributed by atoms with E-state index in [0.29, 0.717) is 16.9 Å². The Morgan fingerprint density at radius 1 is 0.778 bits per heavy atom. The molecule has 0 saturated carbocycles. The summed E-state index contributed by atoms with van der Waals surface area (Å²) in [5.74, 6) is 0.687. The number of anilines is 4. The number of nitrogens with zero attached hydrogens (tertiary/aromatic N) is 2. The first-order valence-corrected chi connectivity index (χ1v) is 12.2. The third kappa shape index (κ3) is 6.07. The van der Waals surface area contributed by atoms with Crippen LogP contribution in [0.4, 0.5) is 27.5 Å². The van der Waals surface area contributed by atoms with Crippen molar-refractivity contribution in [2.75, 3.05) is 53.7 Å². The van der Waals surface area contributed by atoms with Crippen LogP contribution in [0, 0.1) is 0 Å². The first-order valence-electron chi connectivity index (χ1n) is 12.2. The summed E-state index contributed by atoms with van der Waals surface area (Å²) in [6, 6.07) is 22.3. The van der Waals surface area contributed by atoms with E-state index >= 15 is 0 Å². The van der Waals surface area contributed by atoms with Crippen molar-refractivity contribution in [3.8, 4) is 5.75 Å². The number of ether oxygens (including phenoxy) is 1. The molecule has 0 atom stereocenters. The SMILES string of the molecule is COc1ccccc1N1CCN(c2ccc(NC(=O)Nc3ccccc3)cc2C(=O)NC(C)C)CC1. The van der Waals surface area contributed by atoms with Crippen LogP contribution in [0.5, 0.6) is 5.75 Å². The van der Waals surface area contributed by atoms with Crippen molar-refractivity contribution in [1.29, 1.82) is 0 Å². The lowest BCUT2D eigenvalue weighted by molar-refractivity contribution is 0.0943. The van der Waals surface area contributed by atoms with Crippen LogP contribution in [0.3, 0.4) is 0 Å². The van der Waals surface area contributed by atoms with Crippen LogP contribution in [-0.2, 0) is 0 Å². The lowest BCUT2D eigenvalue weighted by Crippen LogP contribution is -2.47. The van der Waals surface area contributed by atoms with Gasteiger partial charge in [0.05, 0.1) is 18.4 Å². The highest BCUT2D eigenvalue weighted by molar-refractivity contribution is 6.04. The van der Waals surface area contributed by atoms with Crippen molar-refractivity contribution >= 4 is 34.7 Å². The number of para-hydroxylation sites is 3. The van der Waals surface area contributed by atoms with Gasteiger partial charge in [-0.2, -0.15) is 0 Å². The minimum absolute atomic E-state index is 0.00858. The molecule has 3 amide bonds. The van der Waals surface area contributed by atoms with Gasteiger partial charge in [-0.05, 0) is 56.3 Å². The van der Waals surface area contributed by atoms with Gasteiger partial charge in [0, 0.05) is 49.3 Å². The molecule has 3 aromatic rings. The Morgan fingerprint density at radius 3 is 2.06 bits per heavy atom. The molecule has 3 aromatic carbocycles. The minimum Gasteiger partial charge on any atom is -0.495 e. The second-order valence-corrected chi connectivity index (χ2v) is 8.95. The summed E-state index contributed by atoms with van der Waals surface area (Å²) in [7, 11) is 1.68. The Hall–Kier alpha value is -4.20. The molecule has 0 aromatic heterocycles. The van der Waals surface area contributed by atoms with Crippen LogP contribution in [0.1, 0.15) is 24.2 Å². The average molecular weight is 488 g/mol. The van der Waals surface area contributed by atoms with Crippen molar-refractivity contribution in [2.45, 2.75) is 19.9 Å². The monoisotopic (exact) mass is 487 g/mol. The zero-order valence-corrected chi connectivity index (χ0v) is 21.0. The molecule has 0 radical (unpaired) electrons. The van der Waals surface area contributed by atoms with Gasteiger partial charge in [-0.1, -0.05) is 30.3 Å². The molecule has 0 bridgehead atoms. The molecule has 0 unspecified atom stereocenters. The van der Waals surface area contributed by atoms with Crippen molar-refractivity contribution in [2.24, 2.45) is 0 Å². The maximum Gasteiger partial charge on any atom is 0.323 e. The Morgan fingerprint density at radius 2 is 1.39 bits per heavy atom. The molecule has 3 N–H and O–H groups in total. The number of nitrogens with one attached hydrogen (secondary N) is 3. The number of hydrogen-bond acceptors (Lipinski definition) is 5. The van der Waals surface area contributed by atoms with Crippen molar-refractivity contribution in [3.63, 3.8) is 0 Å². The lowest BCUT2D eigenvalue weighted by Gasteiger charge is -2.38. The summed E-state index contributed by atoms with van der Waals surface area (Å²) in [6.07, 6.45) is 0. The first-order chi connectivity index (χ1) is 17.4. The molecule has 0 spiro atoms. The van der Waals surface area contributed by atoms with E-state index in [4.69, 9.17) is 4.74 Å². The Bertz CT molecular complexity index is 1190. The molecular weight excluding hydrogens is 454 g/mol. The van der Waals surface area contributed by atoms with E-state index in [-0.39, 0.29) is 18.0 Å². The summed E-state index contributed by atoms with van der Waals surface area (Å²) in [4.78, 5) is 30.1. The highest BCUT2D eigenvalue weighted by Crippen LogP contribution is 2.31. The highest BCUT2D eigenvalue weighted by Gasteiger charge is 2.24. The minimum atomic E-state index is -0.366. The third-order valence-electron chi connectivity index (χ3n) is 6.00. The van der Waals surface area contributed by atoms with Crippen LogP contribution >= 0.6 is 0 Å². The fourth-order valence-electron chi connectivity index (χ4n) is 4.31. The van der Waals surface area contributed by atoms with Gasteiger partial charge in [0.1, 0.15) is 5.75 Å². The maximum atomic E-state index is 13.1. The molecule has 1 saturated heterocycles. The summed E-state index contributed by atoms with van der Waals surface area (Å²) >= 11 is 0. The van der Waals surface area contributed by atoms with Crippen LogP contribution in [0.2, 0.25) is 0 Å². The number of amides is 3. The van der Waals surface area contributed by atoms with E-state index in [0.717, 1.165) is 43.3 Å². The molecule has 1 aliphatic heterocycles. The third-order valence-corrected chi connectivity index (χ3v) is 6.00. The number of methoxy groups -OCH3 is 1. The Kier molecular flexibility index (Phi) is 7.95. The number of carbonyl (C=O) groups is 2. The lowest BCUT2D eigenvalue weighted by atomic mass is 10.1. The summed E-state index contributed by atoms with van der Waals surface area (Å²) < 4.78 is 5.53. The average Bonchev–Trinajstić information content (AvgIpc) is 2.89. The molecule has 8 nitrogen and oxygen atoms in total. The van der Waals surface area contributed by atoms with E-state index in [1.807, 2.05) is 74.5 Å². The number of piperazine rings is 1. The molecule has 1 fully saturated rings. The zero-order valence-electron chi connectivity index (χ0n) is 21.0. The van der Waals surface area contributed by atoms with Gasteiger partial charge in [0.2, 0.25) is 0 Å². The topological polar surface area (TPSA) is 85.9 Å². The number of rotatable bonds is 7. The molecule has 4 rings (SSSR count). The molecular formula is C28H33N5O3. The molecule has 1 aliphatic rings. The standard InChI is InChI=1S/C28H33N5O3/c1-20(2)29-27(34)23-19-22(31-28(35)30-21-9-5-4-6-10-21)13-14-24(23)32-15-17-33(18-16-32)25-11-7-8-12-26(25)36-3/h4-14,19-20H,15-18H2,1-3H3,(H,29,34)(H2,30,31,35). The van der Waals surface area contributed by atoms with Crippen LogP contribution < -0.4 is 30.5 Å². The molecule has 1 heterocycles. The highest BCUT2D eigenvalue weighted by atomic mass is 16.5. The van der Waals surface area contributed by atoms with Crippen LogP contribution in [0.25, 0.3) is 0 Å². The smallest absolute Gasteiger partial charge is 0.323 e. The summed E-state index contributed by atoms with van der Waals surface area (Å²) in [5, 5.41) is 8.63. The second-order valence-electron chi connectivity index (χ2n) is 8.95. The van der Waals surface area contributed by atoms with Gasteiger partial charge < -0.3 is 30.5 Å². The predicted octanol–water partition coefficient (Wildman–Crippen LogP) is 4.80. The van der Waals surface area contributed by atoms with E-state index in [1.165, 1.54) is 0 Å². The second kappa shape index (κ2) is 11.5. The number of benzene rings is 3. The molecule has 8 heteroatoms. The number of carbonyl (C=O) groups excluding carboxylic acids is 2. The quantitative estimate of drug-likeness (QED) is 0.446. The predicted molar refractivity (Wildman–Crippen MR) is 146 cm³/mol. The van der Waals surface area contributed by atoms with Crippen molar-refractivity contribution in [3.05, 3.63) is 78.4 Å². The fraction of sp³-hybridized carbons (Fsp3) is 0.286. The van der Waals surface area contributed by atoms with Gasteiger partial charge >= 0.3 is 6.03 Å². The Labute approximate surface area is 212 Å². The summed E-state index contributed by atoms with van der Waals surface area (Å²) in [5.41, 5.74) is 3.70. The van der Waals surface area contributed by atoms with Crippen LogP contribution in [0.15, 0.2) is 72.8 Å². The largest absolute Gasteiger partial charge is 0.495 e. The summed E-state index contributed by atoms with van der Waals surface area (Å²) in [6.45, 7) is 6.96. The molecule has 188 valence electrons. The van der Waals surface area contributed by atoms with Gasteiger partial charge in [0.25, 0.3) is 5.91 Å². The van der Waals surface area contributed by atoms with Crippen molar-refractivity contribution in [1.82, 2.24) is 5.32 Å². The van der Waals surface area contributed by atoms with E-state index in [2.05, 4.69) is 31.8 Å². The van der Waals surface area contributed by atoms with Gasteiger partial charge in [-0.3, -0.25) is 4.79 Å². The van der Waals surface area contributed by atoms with Gasteiger partial charge in [-0.15, -0.1) is 0 Å².